The maximum atomic E-state index is 12.7. The molecule has 3 heterocycles. The number of carbonyl (C=O) groups excluding carboxylic acids is 1. The normalized spacial score (nSPS) is 25.5. The van der Waals surface area contributed by atoms with Crippen LogP contribution in [0.5, 0.6) is 0 Å². The number of hydrogen-bond donors (Lipinski definition) is 1. The van der Waals surface area contributed by atoms with Crippen LogP contribution in [-0.4, -0.2) is 49.9 Å². The lowest BCUT2D eigenvalue weighted by Crippen LogP contribution is -2.33. The minimum absolute atomic E-state index is 0.0302. The van der Waals surface area contributed by atoms with Gasteiger partial charge in [0.1, 0.15) is 11.6 Å². The predicted octanol–water partition coefficient (Wildman–Crippen LogP) is 1.54. The van der Waals surface area contributed by atoms with Crippen LogP contribution in [-0.2, 0) is 0 Å². The van der Waals surface area contributed by atoms with Crippen molar-refractivity contribution in [1.82, 2.24) is 24.8 Å². The predicted molar refractivity (Wildman–Crippen MR) is 88.3 cm³/mol. The summed E-state index contributed by atoms with van der Waals surface area (Å²) in [6.07, 6.45) is 10.6. The summed E-state index contributed by atoms with van der Waals surface area (Å²) in [5, 5.41) is 3.48. The molecule has 1 aliphatic carbocycles. The molecule has 3 atom stereocenters. The SMILES string of the molecule is Cc1ncc(C(=O)N2C[C@@H]3CC[C@@H](Nc4cnccn4)[C@@H]3C2)cn1. The van der Waals surface area contributed by atoms with Crippen LogP contribution < -0.4 is 5.32 Å². The molecule has 1 saturated carbocycles. The molecule has 1 amide bonds. The summed E-state index contributed by atoms with van der Waals surface area (Å²) >= 11 is 0. The van der Waals surface area contributed by atoms with Gasteiger partial charge in [-0.05, 0) is 25.7 Å². The van der Waals surface area contributed by atoms with Gasteiger partial charge in [0.05, 0.1) is 11.8 Å². The van der Waals surface area contributed by atoms with Crippen molar-refractivity contribution < 1.29 is 4.79 Å². The van der Waals surface area contributed by atoms with Crippen LogP contribution in [0.1, 0.15) is 29.0 Å². The Balaban J connectivity index is 1.44. The Kier molecular flexibility index (Phi) is 3.84. The number of anilines is 1. The number of rotatable bonds is 3. The van der Waals surface area contributed by atoms with Gasteiger partial charge in [-0.25, -0.2) is 15.0 Å². The van der Waals surface area contributed by atoms with Crippen molar-refractivity contribution in [2.24, 2.45) is 11.8 Å². The number of amides is 1. The first-order chi connectivity index (χ1) is 11.7. The zero-order chi connectivity index (χ0) is 16.5. The van der Waals surface area contributed by atoms with E-state index in [0.717, 1.165) is 31.7 Å². The second kappa shape index (κ2) is 6.14. The molecule has 24 heavy (non-hydrogen) atoms. The molecule has 0 bridgehead atoms. The molecule has 2 fully saturated rings. The number of aryl methyl sites for hydroxylation is 1. The number of carbonyl (C=O) groups is 1. The first-order valence-electron chi connectivity index (χ1n) is 8.31. The van der Waals surface area contributed by atoms with E-state index >= 15 is 0 Å². The van der Waals surface area contributed by atoms with E-state index in [-0.39, 0.29) is 5.91 Å². The molecule has 2 aromatic heterocycles. The van der Waals surface area contributed by atoms with Crippen molar-refractivity contribution in [2.75, 3.05) is 18.4 Å². The van der Waals surface area contributed by atoms with Crippen LogP contribution >= 0.6 is 0 Å². The highest BCUT2D eigenvalue weighted by molar-refractivity contribution is 5.93. The molecule has 2 aliphatic rings. The lowest BCUT2D eigenvalue weighted by molar-refractivity contribution is 0.0779. The summed E-state index contributed by atoms with van der Waals surface area (Å²) in [6.45, 7) is 3.41. The van der Waals surface area contributed by atoms with Gasteiger partial charge in [-0.1, -0.05) is 0 Å². The van der Waals surface area contributed by atoms with E-state index in [1.165, 1.54) is 0 Å². The van der Waals surface area contributed by atoms with Gasteiger partial charge in [0.2, 0.25) is 0 Å². The van der Waals surface area contributed by atoms with Crippen LogP contribution in [0.4, 0.5) is 5.82 Å². The highest BCUT2D eigenvalue weighted by atomic mass is 16.2. The fraction of sp³-hybridized carbons (Fsp3) is 0.471. The largest absolute Gasteiger partial charge is 0.366 e. The van der Waals surface area contributed by atoms with Gasteiger partial charge in [0.25, 0.3) is 5.91 Å². The molecule has 7 nitrogen and oxygen atoms in total. The van der Waals surface area contributed by atoms with E-state index in [2.05, 4.69) is 25.3 Å². The second-order valence-corrected chi connectivity index (χ2v) is 6.57. The minimum atomic E-state index is 0.0302. The number of hydrogen-bond acceptors (Lipinski definition) is 6. The Morgan fingerprint density at radius 3 is 2.71 bits per heavy atom. The molecule has 0 radical (unpaired) electrons. The van der Waals surface area contributed by atoms with E-state index in [1.807, 2.05) is 11.8 Å². The Morgan fingerprint density at radius 1 is 1.12 bits per heavy atom. The number of fused-ring (bicyclic) bond motifs is 1. The van der Waals surface area contributed by atoms with Crippen LogP contribution in [0.2, 0.25) is 0 Å². The van der Waals surface area contributed by atoms with E-state index in [4.69, 9.17) is 0 Å². The van der Waals surface area contributed by atoms with Gasteiger partial charge in [0.15, 0.2) is 0 Å². The zero-order valence-electron chi connectivity index (χ0n) is 13.6. The van der Waals surface area contributed by atoms with Gasteiger partial charge in [-0.3, -0.25) is 9.78 Å². The molecule has 0 aromatic carbocycles. The first kappa shape index (κ1) is 15.0. The van der Waals surface area contributed by atoms with E-state index < -0.39 is 0 Å². The minimum Gasteiger partial charge on any atom is -0.366 e. The van der Waals surface area contributed by atoms with Crippen LogP contribution in [0.25, 0.3) is 0 Å². The van der Waals surface area contributed by atoms with E-state index in [9.17, 15) is 4.79 Å². The summed E-state index contributed by atoms with van der Waals surface area (Å²) in [5.74, 6) is 2.53. The third kappa shape index (κ3) is 2.81. The summed E-state index contributed by atoms with van der Waals surface area (Å²) < 4.78 is 0. The fourth-order valence-electron chi connectivity index (χ4n) is 3.86. The summed E-state index contributed by atoms with van der Waals surface area (Å²) in [5.41, 5.74) is 0.569. The first-order valence-corrected chi connectivity index (χ1v) is 8.31. The van der Waals surface area contributed by atoms with Gasteiger partial charge >= 0.3 is 0 Å². The van der Waals surface area contributed by atoms with Crippen LogP contribution in [0, 0.1) is 18.8 Å². The van der Waals surface area contributed by atoms with Crippen molar-refractivity contribution in [3.05, 3.63) is 42.4 Å². The monoisotopic (exact) mass is 324 g/mol. The fourth-order valence-corrected chi connectivity index (χ4v) is 3.86. The van der Waals surface area contributed by atoms with Crippen molar-refractivity contribution in [1.29, 1.82) is 0 Å². The van der Waals surface area contributed by atoms with Crippen molar-refractivity contribution in [3.63, 3.8) is 0 Å². The highest BCUT2D eigenvalue weighted by Gasteiger charge is 2.44. The van der Waals surface area contributed by atoms with Crippen molar-refractivity contribution >= 4 is 11.7 Å². The van der Waals surface area contributed by atoms with Crippen LogP contribution in [0.3, 0.4) is 0 Å². The molecule has 2 aromatic rings. The van der Waals surface area contributed by atoms with E-state index in [1.54, 1.807) is 31.0 Å². The Morgan fingerprint density at radius 2 is 1.96 bits per heavy atom. The molecular formula is C17H20N6O. The molecule has 7 heteroatoms. The average molecular weight is 324 g/mol. The smallest absolute Gasteiger partial charge is 0.257 e. The molecule has 1 saturated heterocycles. The lowest BCUT2D eigenvalue weighted by atomic mass is 9.98. The molecule has 4 rings (SSSR count). The third-order valence-corrected chi connectivity index (χ3v) is 5.07. The summed E-state index contributed by atoms with van der Waals surface area (Å²) in [4.78, 5) is 31.2. The molecule has 1 aliphatic heterocycles. The number of likely N-dealkylation sites (tertiary alicyclic amines) is 1. The standard InChI is InChI=1S/C17H20N6O/c1-11-20-6-13(7-21-11)17(24)23-9-12-2-3-15(14(12)10-23)22-16-8-18-4-5-19-16/h4-8,12,14-15H,2-3,9-10H2,1H3,(H,19,22)/t12-,14+,15+/m0/s1. The molecular weight excluding hydrogens is 304 g/mol. The van der Waals surface area contributed by atoms with Crippen LogP contribution in [0.15, 0.2) is 31.0 Å². The van der Waals surface area contributed by atoms with E-state index in [0.29, 0.717) is 29.3 Å². The maximum Gasteiger partial charge on any atom is 0.257 e. The zero-order valence-corrected chi connectivity index (χ0v) is 13.6. The van der Waals surface area contributed by atoms with Gasteiger partial charge < -0.3 is 10.2 Å². The summed E-state index contributed by atoms with van der Waals surface area (Å²) in [6, 6.07) is 0.346. The van der Waals surface area contributed by atoms with Crippen molar-refractivity contribution in [2.45, 2.75) is 25.8 Å². The number of aromatic nitrogens is 4. The quantitative estimate of drug-likeness (QED) is 0.922. The van der Waals surface area contributed by atoms with Gasteiger partial charge in [-0.15, -0.1) is 0 Å². The molecule has 1 N–H and O–H groups in total. The van der Waals surface area contributed by atoms with Crippen molar-refractivity contribution in [3.8, 4) is 0 Å². The highest BCUT2D eigenvalue weighted by Crippen LogP contribution is 2.39. The molecule has 0 unspecified atom stereocenters. The maximum absolute atomic E-state index is 12.7. The topological polar surface area (TPSA) is 83.9 Å². The lowest BCUT2D eigenvalue weighted by Gasteiger charge is -2.22. The average Bonchev–Trinajstić information content (AvgIpc) is 3.18. The Hall–Kier alpha value is -2.57. The Labute approximate surface area is 140 Å². The molecule has 124 valence electrons. The van der Waals surface area contributed by atoms with Gasteiger partial charge in [0, 0.05) is 49.8 Å². The second-order valence-electron chi connectivity index (χ2n) is 6.57. The number of nitrogens with one attached hydrogen (secondary N) is 1. The summed E-state index contributed by atoms with van der Waals surface area (Å²) in [7, 11) is 0. The molecule has 0 spiro atoms. The number of nitrogens with zero attached hydrogens (tertiary/aromatic N) is 5. The van der Waals surface area contributed by atoms with Gasteiger partial charge in [-0.2, -0.15) is 0 Å². The third-order valence-electron chi connectivity index (χ3n) is 5.07. The Bertz CT molecular complexity index is 720.